The van der Waals surface area contributed by atoms with E-state index in [1.54, 1.807) is 7.11 Å². The second kappa shape index (κ2) is 38.5. The van der Waals surface area contributed by atoms with Crippen molar-refractivity contribution in [2.24, 2.45) is 0 Å². The zero-order valence-electron chi connectivity index (χ0n) is 49.2. The molecule has 6 rings (SSSR count). The molecule has 4 heterocycles. The van der Waals surface area contributed by atoms with Crippen molar-refractivity contribution in [3.05, 3.63) is 95.7 Å². The number of hydrogen-bond donors (Lipinski definition) is 4. The molecule has 0 bridgehead atoms. The molecule has 4 aliphatic heterocycles. The number of anilines is 1. The Balaban J connectivity index is 0.0000123. The largest absolute Gasteiger partial charge is 1.00 e. The molecule has 21 heteroatoms. The topological polar surface area (TPSA) is 198 Å². The molecule has 3 atom stereocenters. The molecule has 0 aromatic heterocycles. The van der Waals surface area contributed by atoms with E-state index in [0.717, 1.165) is 31.6 Å². The van der Waals surface area contributed by atoms with Crippen LogP contribution in [-0.2, 0) is 67.8 Å². The third kappa shape index (κ3) is 22.5. The van der Waals surface area contributed by atoms with Crippen molar-refractivity contribution in [2.45, 2.75) is 88.0 Å². The minimum Gasteiger partial charge on any atom is -1.00 e. The van der Waals surface area contributed by atoms with Crippen molar-refractivity contribution in [2.75, 3.05) is 169 Å². The molecule has 2 saturated heterocycles. The lowest BCUT2D eigenvalue weighted by Crippen LogP contribution is -3.00. The van der Waals surface area contributed by atoms with Crippen molar-refractivity contribution in [1.82, 2.24) is 21.3 Å². The highest BCUT2D eigenvalue weighted by Gasteiger charge is 2.45. The molecule has 2 fully saturated rings. The number of rotatable bonds is 44. The Kier molecular flexibility index (Phi) is 32.1. The molecule has 0 unspecified atom stereocenters. The van der Waals surface area contributed by atoms with Gasteiger partial charge in [0.15, 0.2) is 12.3 Å². The number of benzene rings is 2. The predicted molar refractivity (Wildman–Crippen MR) is 316 cm³/mol. The number of carbonyl (C=O) groups excluding carboxylic acids is 3. The highest BCUT2D eigenvalue weighted by atomic mass is 35.5. The number of allylic oxidation sites excluding steroid dienone is 6. The Morgan fingerprint density at radius 1 is 0.634 bits per heavy atom. The number of fused-ring (bicyclic) bond motifs is 3. The fourth-order valence-electron chi connectivity index (χ4n) is 10.3. The summed E-state index contributed by atoms with van der Waals surface area (Å²) in [6.45, 7) is 20.3. The molecule has 0 spiro atoms. The summed E-state index contributed by atoms with van der Waals surface area (Å²) in [6, 6.07) is 17.6. The minimum absolute atomic E-state index is 0. The van der Waals surface area contributed by atoms with Crippen molar-refractivity contribution in [3.63, 3.8) is 0 Å². The molecule has 4 aliphatic rings. The van der Waals surface area contributed by atoms with Crippen molar-refractivity contribution >= 4 is 46.7 Å². The van der Waals surface area contributed by atoms with E-state index in [9.17, 15) is 14.4 Å². The first-order valence-electron chi connectivity index (χ1n) is 29.1. The zero-order valence-corrected chi connectivity index (χ0v) is 50.8. The van der Waals surface area contributed by atoms with Crippen LogP contribution in [0.15, 0.2) is 84.6 Å². The molecule has 0 saturated carbocycles. The highest BCUT2D eigenvalue weighted by molar-refractivity contribution is 8.00. The van der Waals surface area contributed by atoms with Gasteiger partial charge in [0.05, 0.1) is 136 Å². The summed E-state index contributed by atoms with van der Waals surface area (Å²) in [5.74, 6) is 0.863. The number of para-hydroxylation sites is 2. The van der Waals surface area contributed by atoms with Crippen LogP contribution < -0.4 is 38.6 Å². The number of methoxy groups -OCH3 is 1. The van der Waals surface area contributed by atoms with Crippen molar-refractivity contribution in [3.8, 4) is 0 Å². The first kappa shape index (κ1) is 68.4. The first-order chi connectivity index (χ1) is 39.5. The smallest absolute Gasteiger partial charge is 0.315 e. The van der Waals surface area contributed by atoms with E-state index < -0.39 is 0 Å². The minimum atomic E-state index is -0.186. The average Bonchev–Trinajstić information content (AvgIpc) is 4.34. The summed E-state index contributed by atoms with van der Waals surface area (Å²) >= 11 is 1.89. The van der Waals surface area contributed by atoms with Gasteiger partial charge in [-0.15, -0.1) is 0 Å². The molecule has 4 amide bonds. The van der Waals surface area contributed by atoms with Crippen LogP contribution in [0.1, 0.15) is 70.9 Å². The highest BCUT2D eigenvalue weighted by Crippen LogP contribution is 2.47. The van der Waals surface area contributed by atoms with Gasteiger partial charge in [-0.2, -0.15) is 16.3 Å². The number of amides is 4. The molecule has 2 aromatic rings. The molecule has 19 nitrogen and oxygen atoms in total. The molecule has 0 radical (unpaired) electrons. The molecule has 82 heavy (non-hydrogen) atoms. The Bertz CT molecular complexity index is 2340. The number of thioether (sulfide) groups is 1. The first-order valence-corrected chi connectivity index (χ1v) is 30.1. The number of nitrogens with one attached hydrogen (secondary N) is 4. The third-order valence-electron chi connectivity index (χ3n) is 14.6. The number of unbranched alkanes of at least 4 members (excludes halogenated alkanes) is 1. The quantitative estimate of drug-likeness (QED) is 0.0327. The van der Waals surface area contributed by atoms with Gasteiger partial charge in [0.1, 0.15) is 6.61 Å². The Morgan fingerprint density at radius 2 is 1.18 bits per heavy atom. The molecular weight excluding hydrogens is 1090 g/mol. The van der Waals surface area contributed by atoms with Crippen LogP contribution in [0, 0.1) is 0 Å². The number of nitrogens with zero attached hydrogens (tertiary/aromatic N) is 2. The standard InChI is InChI=1S/C61H92N6O13S.ClH/c1-60(2)48-15-9-11-17-51(48)66(26-31-75-38-41-79-44-43-77-34-33-71-5)54(60)20-7-6-8-21-55-61(3,4)49-16-10-12-18-52(49)67(55)27-32-76-39-42-80-46-45-78-40-35-72-28-23-57(69)63-25-30-74-37-36-73-29-24-62-56(68)22-14-13-19-53-58-50(47-81-53)64-59(70)65-58;/h6-12,15-18,20-21,50,53,58H,13-14,19,22-47H2,1-5H3,(H3-,62,63,64,65,68,69,70);1H/t50-,53-,58-;/m1./s1. The maximum absolute atomic E-state index is 12.2. The van der Waals surface area contributed by atoms with Crippen LogP contribution in [0.2, 0.25) is 0 Å². The van der Waals surface area contributed by atoms with Gasteiger partial charge in [0.2, 0.25) is 17.5 Å². The van der Waals surface area contributed by atoms with Crippen molar-refractivity contribution < 1.29 is 78.7 Å². The van der Waals surface area contributed by atoms with Gasteiger partial charge < -0.3 is 85.9 Å². The Labute approximate surface area is 497 Å². The summed E-state index contributed by atoms with van der Waals surface area (Å²) in [7, 11) is 1.66. The summed E-state index contributed by atoms with van der Waals surface area (Å²) in [4.78, 5) is 38.2. The molecule has 2 aromatic carbocycles. The van der Waals surface area contributed by atoms with E-state index in [1.807, 2.05) is 11.8 Å². The van der Waals surface area contributed by atoms with Crippen LogP contribution >= 0.6 is 11.8 Å². The molecular formula is C61H93ClN6O13S. The van der Waals surface area contributed by atoms with E-state index in [2.05, 4.69) is 137 Å². The number of urea groups is 1. The van der Waals surface area contributed by atoms with E-state index in [0.29, 0.717) is 157 Å². The molecule has 458 valence electrons. The van der Waals surface area contributed by atoms with Gasteiger partial charge in [0.25, 0.3) is 0 Å². The number of ether oxygens (including phenoxy) is 10. The van der Waals surface area contributed by atoms with Gasteiger partial charge in [-0.1, -0.05) is 74.9 Å². The lowest BCUT2D eigenvalue weighted by atomic mass is 9.81. The fourth-order valence-corrected chi connectivity index (χ4v) is 11.9. The monoisotopic (exact) mass is 1180 g/mol. The lowest BCUT2D eigenvalue weighted by molar-refractivity contribution is -0.442. The molecule has 4 N–H and O–H groups in total. The zero-order chi connectivity index (χ0) is 57.4. The van der Waals surface area contributed by atoms with Gasteiger partial charge >= 0.3 is 6.03 Å². The van der Waals surface area contributed by atoms with E-state index >= 15 is 0 Å². The summed E-state index contributed by atoms with van der Waals surface area (Å²) in [5, 5.41) is 12.1. The van der Waals surface area contributed by atoms with Crippen LogP contribution in [0.3, 0.4) is 0 Å². The second-order valence-electron chi connectivity index (χ2n) is 21.1. The van der Waals surface area contributed by atoms with Gasteiger partial charge in [0, 0.05) is 85.1 Å². The summed E-state index contributed by atoms with van der Waals surface area (Å²) in [6.07, 6.45) is 14.4. The van der Waals surface area contributed by atoms with Gasteiger partial charge in [-0.25, -0.2) is 4.79 Å². The molecule has 0 aliphatic carbocycles. The summed E-state index contributed by atoms with van der Waals surface area (Å²) < 4.78 is 58.6. The van der Waals surface area contributed by atoms with Crippen LogP contribution in [0.25, 0.3) is 0 Å². The van der Waals surface area contributed by atoms with E-state index in [1.165, 1.54) is 33.9 Å². The lowest BCUT2D eigenvalue weighted by Gasteiger charge is -2.27. The summed E-state index contributed by atoms with van der Waals surface area (Å²) in [5.41, 5.74) is 7.11. The Morgan fingerprint density at radius 3 is 1.83 bits per heavy atom. The maximum Gasteiger partial charge on any atom is 0.315 e. The number of carbonyl (C=O) groups is 3. The number of hydrogen-bond acceptors (Lipinski definition) is 15. The normalized spacial score (nSPS) is 19.0. The number of halogens is 1. The fraction of sp³-hybridized carbons (Fsp3) is 0.639. The van der Waals surface area contributed by atoms with Crippen molar-refractivity contribution in [1.29, 1.82) is 0 Å². The van der Waals surface area contributed by atoms with E-state index in [4.69, 9.17) is 47.4 Å². The third-order valence-corrected chi connectivity index (χ3v) is 16.1. The maximum atomic E-state index is 12.2. The van der Waals surface area contributed by atoms with Gasteiger partial charge in [-0.05, 0) is 44.4 Å². The SMILES string of the molecule is COCCOCCOCCOCC[N+]1=C(/C=C/C=C/C=C2N(CCOCCOCCOCCOCCC(=O)NCCOCCOCCNC(=O)CCCC[C@H]3SC[C@H]4NC(=O)N[C@H]43)c3ccccc3C2(C)C)C(C)(C)c2ccccc21.[Cl-]. The Hall–Kier alpha value is -4.42. The van der Waals surface area contributed by atoms with E-state index in [-0.39, 0.29) is 59.6 Å². The van der Waals surface area contributed by atoms with Gasteiger partial charge in [-0.3, -0.25) is 9.59 Å². The second-order valence-corrected chi connectivity index (χ2v) is 22.4. The average molecular weight is 1190 g/mol. The predicted octanol–water partition coefficient (Wildman–Crippen LogP) is 3.01. The van der Waals surface area contributed by atoms with Crippen LogP contribution in [0.5, 0.6) is 0 Å². The van der Waals surface area contributed by atoms with Crippen LogP contribution in [0.4, 0.5) is 16.2 Å². The van der Waals surface area contributed by atoms with Crippen LogP contribution in [-0.4, -0.2) is 210 Å².